The summed E-state index contributed by atoms with van der Waals surface area (Å²) in [5.41, 5.74) is 0.815. The van der Waals surface area contributed by atoms with Crippen LogP contribution in [0.5, 0.6) is 0 Å². The quantitative estimate of drug-likeness (QED) is 0.761. The van der Waals surface area contributed by atoms with Crippen molar-refractivity contribution in [2.24, 2.45) is 0 Å². The van der Waals surface area contributed by atoms with E-state index in [4.69, 9.17) is 11.6 Å². The molecular weight excluding hydrogens is 352 g/mol. The van der Waals surface area contributed by atoms with Crippen LogP contribution in [0.4, 0.5) is 17.3 Å². The molecule has 0 unspecified atom stereocenters. The van der Waals surface area contributed by atoms with Crippen molar-refractivity contribution in [3.8, 4) is 0 Å². The lowest BCUT2D eigenvalue weighted by Gasteiger charge is -2.13. The van der Waals surface area contributed by atoms with Crippen LogP contribution in [0.3, 0.4) is 0 Å². The molecule has 2 rings (SSSR count). The number of anilines is 3. The van der Waals surface area contributed by atoms with Crippen LogP contribution in [0.1, 0.15) is 32.5 Å². The van der Waals surface area contributed by atoms with Crippen molar-refractivity contribution in [1.82, 2.24) is 9.97 Å². The van der Waals surface area contributed by atoms with Crippen LogP contribution >= 0.6 is 27.5 Å². The number of halogens is 2. The fourth-order valence-electron chi connectivity index (χ4n) is 1.79. The van der Waals surface area contributed by atoms with Gasteiger partial charge < -0.3 is 10.6 Å². The van der Waals surface area contributed by atoms with Crippen molar-refractivity contribution >= 4 is 44.9 Å². The average molecular weight is 370 g/mol. The second kappa shape index (κ2) is 7.09. The number of hydrogen-bond acceptors (Lipinski definition) is 4. The highest BCUT2D eigenvalue weighted by atomic mass is 79.9. The third-order valence-corrected chi connectivity index (χ3v) is 3.62. The highest BCUT2D eigenvalue weighted by molar-refractivity contribution is 9.10. The number of aromatic nitrogens is 2. The average Bonchev–Trinajstić information content (AvgIpc) is 2.42. The Morgan fingerprint density at radius 1 is 1.19 bits per heavy atom. The van der Waals surface area contributed by atoms with E-state index < -0.39 is 0 Å². The Hall–Kier alpha value is -1.33. The van der Waals surface area contributed by atoms with Crippen LogP contribution in [0.15, 0.2) is 28.7 Å². The molecule has 0 saturated heterocycles. The van der Waals surface area contributed by atoms with Gasteiger partial charge in [0.25, 0.3) is 0 Å². The molecule has 4 nitrogen and oxygen atoms in total. The van der Waals surface area contributed by atoms with Gasteiger partial charge in [0.15, 0.2) is 0 Å². The molecule has 1 heterocycles. The molecule has 0 aliphatic heterocycles. The van der Waals surface area contributed by atoms with E-state index in [0.717, 1.165) is 34.2 Å². The number of benzene rings is 1. The monoisotopic (exact) mass is 368 g/mol. The smallest absolute Gasteiger partial charge is 0.136 e. The van der Waals surface area contributed by atoms with Gasteiger partial charge in [0, 0.05) is 23.0 Å². The molecule has 0 aliphatic carbocycles. The second-order valence-corrected chi connectivity index (χ2v) is 6.25. The van der Waals surface area contributed by atoms with Crippen LogP contribution in [0.2, 0.25) is 5.02 Å². The Kier molecular flexibility index (Phi) is 5.42. The lowest BCUT2D eigenvalue weighted by molar-refractivity contribution is 0.777. The summed E-state index contributed by atoms with van der Waals surface area (Å²) in [6, 6.07) is 7.58. The second-order valence-electron chi connectivity index (χ2n) is 4.93. The lowest BCUT2D eigenvalue weighted by atomic mass is 10.2. The summed E-state index contributed by atoms with van der Waals surface area (Å²) in [6.45, 7) is 6.99. The predicted molar refractivity (Wildman–Crippen MR) is 92.7 cm³/mol. The van der Waals surface area contributed by atoms with Gasteiger partial charge in [-0.15, -0.1) is 0 Å². The topological polar surface area (TPSA) is 49.8 Å². The summed E-state index contributed by atoms with van der Waals surface area (Å²) in [4.78, 5) is 9.04. The summed E-state index contributed by atoms with van der Waals surface area (Å²) in [5, 5.41) is 7.11. The van der Waals surface area contributed by atoms with E-state index in [1.165, 1.54) is 0 Å². The van der Waals surface area contributed by atoms with Gasteiger partial charge in [0.2, 0.25) is 0 Å². The van der Waals surface area contributed by atoms with E-state index in [1.807, 2.05) is 31.2 Å². The molecule has 0 amide bonds. The first kappa shape index (κ1) is 16.0. The molecule has 0 radical (unpaired) electrons. The standard InChI is InChI=1S/C15H18BrClN4/c1-4-18-13-8-14(21-15(20-13)9(2)3)19-12-6-5-10(16)7-11(12)17/h5-9H,4H2,1-3H3,(H2,18,19,20,21). The first-order valence-corrected chi connectivity index (χ1v) is 8.01. The molecule has 0 saturated carbocycles. The number of nitrogens with one attached hydrogen (secondary N) is 2. The Morgan fingerprint density at radius 3 is 2.52 bits per heavy atom. The number of nitrogens with zero attached hydrogens (tertiary/aromatic N) is 2. The van der Waals surface area contributed by atoms with Crippen LogP contribution in [-0.4, -0.2) is 16.5 Å². The van der Waals surface area contributed by atoms with Crippen molar-refractivity contribution in [3.63, 3.8) is 0 Å². The van der Waals surface area contributed by atoms with Gasteiger partial charge in [-0.05, 0) is 25.1 Å². The highest BCUT2D eigenvalue weighted by Gasteiger charge is 2.09. The maximum absolute atomic E-state index is 6.23. The van der Waals surface area contributed by atoms with E-state index in [1.54, 1.807) is 0 Å². The summed E-state index contributed by atoms with van der Waals surface area (Å²) < 4.78 is 0.942. The van der Waals surface area contributed by atoms with Crippen LogP contribution < -0.4 is 10.6 Å². The molecule has 6 heteroatoms. The van der Waals surface area contributed by atoms with E-state index in [9.17, 15) is 0 Å². The largest absolute Gasteiger partial charge is 0.370 e. The Labute approximate surface area is 138 Å². The molecule has 21 heavy (non-hydrogen) atoms. The summed E-state index contributed by atoms with van der Waals surface area (Å²) >= 11 is 9.63. The Balaban J connectivity index is 2.33. The maximum atomic E-state index is 6.23. The van der Waals surface area contributed by atoms with Crippen molar-refractivity contribution in [3.05, 3.63) is 39.6 Å². The van der Waals surface area contributed by atoms with Gasteiger partial charge in [0.05, 0.1) is 10.7 Å². The number of rotatable bonds is 5. The molecular formula is C15H18BrClN4. The Bertz CT molecular complexity index is 631. The van der Waals surface area contributed by atoms with Gasteiger partial charge in [-0.2, -0.15) is 0 Å². The van der Waals surface area contributed by atoms with Gasteiger partial charge in [-0.1, -0.05) is 41.4 Å². The Morgan fingerprint density at radius 2 is 1.90 bits per heavy atom. The first-order chi connectivity index (χ1) is 9.99. The van der Waals surface area contributed by atoms with Crippen molar-refractivity contribution in [2.75, 3.05) is 17.2 Å². The molecule has 0 bridgehead atoms. The minimum absolute atomic E-state index is 0.254. The minimum Gasteiger partial charge on any atom is -0.370 e. The normalized spacial score (nSPS) is 10.8. The van der Waals surface area contributed by atoms with Gasteiger partial charge >= 0.3 is 0 Å². The zero-order valence-corrected chi connectivity index (χ0v) is 14.6. The predicted octanol–water partition coefficient (Wildman–Crippen LogP) is 5.19. The zero-order chi connectivity index (χ0) is 15.4. The van der Waals surface area contributed by atoms with Crippen molar-refractivity contribution in [2.45, 2.75) is 26.7 Å². The minimum atomic E-state index is 0.254. The fourth-order valence-corrected chi connectivity index (χ4v) is 2.51. The fraction of sp³-hybridized carbons (Fsp3) is 0.333. The molecule has 2 N–H and O–H groups in total. The van der Waals surface area contributed by atoms with Crippen molar-refractivity contribution in [1.29, 1.82) is 0 Å². The van der Waals surface area contributed by atoms with E-state index in [2.05, 4.69) is 50.4 Å². The van der Waals surface area contributed by atoms with Crippen LogP contribution in [0, 0.1) is 0 Å². The molecule has 0 spiro atoms. The lowest BCUT2D eigenvalue weighted by Crippen LogP contribution is -2.07. The van der Waals surface area contributed by atoms with E-state index >= 15 is 0 Å². The molecule has 0 aliphatic rings. The van der Waals surface area contributed by atoms with E-state index in [-0.39, 0.29) is 5.92 Å². The summed E-state index contributed by atoms with van der Waals surface area (Å²) in [5.74, 6) is 2.59. The van der Waals surface area contributed by atoms with Crippen LogP contribution in [-0.2, 0) is 0 Å². The SMILES string of the molecule is CCNc1cc(Nc2ccc(Br)cc2Cl)nc(C(C)C)n1. The first-order valence-electron chi connectivity index (χ1n) is 6.84. The molecule has 1 aromatic heterocycles. The molecule has 0 atom stereocenters. The van der Waals surface area contributed by atoms with Crippen molar-refractivity contribution < 1.29 is 0 Å². The van der Waals surface area contributed by atoms with Gasteiger partial charge in [-0.25, -0.2) is 9.97 Å². The molecule has 0 fully saturated rings. The zero-order valence-electron chi connectivity index (χ0n) is 12.2. The third-order valence-electron chi connectivity index (χ3n) is 2.81. The summed E-state index contributed by atoms with van der Waals surface area (Å²) in [6.07, 6.45) is 0. The van der Waals surface area contributed by atoms with Crippen LogP contribution in [0.25, 0.3) is 0 Å². The van der Waals surface area contributed by atoms with Gasteiger partial charge in [-0.3, -0.25) is 0 Å². The highest BCUT2D eigenvalue weighted by Crippen LogP contribution is 2.28. The summed E-state index contributed by atoms with van der Waals surface area (Å²) in [7, 11) is 0. The third kappa shape index (κ3) is 4.32. The molecule has 2 aromatic rings. The van der Waals surface area contributed by atoms with Gasteiger partial charge in [0.1, 0.15) is 17.5 Å². The van der Waals surface area contributed by atoms with E-state index in [0.29, 0.717) is 5.02 Å². The molecule has 1 aromatic carbocycles. The molecule has 112 valence electrons. The maximum Gasteiger partial charge on any atom is 0.136 e. The number of hydrogen-bond donors (Lipinski definition) is 2.